The van der Waals surface area contributed by atoms with Crippen molar-refractivity contribution in [1.82, 2.24) is 4.90 Å². The number of nitrogens with zero attached hydrogens (tertiary/aromatic N) is 2. The van der Waals surface area contributed by atoms with Gasteiger partial charge in [-0.15, -0.1) is 0 Å². The van der Waals surface area contributed by atoms with Gasteiger partial charge in [0.1, 0.15) is 0 Å². The molecule has 3 heteroatoms. The van der Waals surface area contributed by atoms with Crippen LogP contribution >= 0.6 is 12.6 Å². The highest BCUT2D eigenvalue weighted by Gasteiger charge is 2.41. The van der Waals surface area contributed by atoms with E-state index in [0.29, 0.717) is 11.8 Å². The van der Waals surface area contributed by atoms with E-state index >= 15 is 0 Å². The van der Waals surface area contributed by atoms with Gasteiger partial charge in [0.05, 0.1) is 6.07 Å². The van der Waals surface area contributed by atoms with E-state index in [0.717, 1.165) is 18.8 Å². The molecule has 0 spiro atoms. The minimum absolute atomic E-state index is 0.493. The van der Waals surface area contributed by atoms with Crippen molar-refractivity contribution in [2.75, 3.05) is 25.9 Å². The molecule has 0 aliphatic heterocycles. The van der Waals surface area contributed by atoms with Gasteiger partial charge in [0.15, 0.2) is 0 Å². The Morgan fingerprint density at radius 2 is 2.25 bits per heavy atom. The van der Waals surface area contributed by atoms with E-state index in [4.69, 9.17) is 5.26 Å². The van der Waals surface area contributed by atoms with Crippen molar-refractivity contribution in [3.8, 4) is 6.07 Å². The lowest BCUT2D eigenvalue weighted by Gasteiger charge is -2.20. The summed E-state index contributed by atoms with van der Waals surface area (Å²) in [6.07, 6.45) is 3.26. The second kappa shape index (κ2) is 4.15. The number of hydrogen-bond donors (Lipinski definition) is 1. The molecule has 1 aliphatic rings. The largest absolute Gasteiger partial charge is 0.305 e. The maximum absolute atomic E-state index is 8.39. The third-order valence-electron chi connectivity index (χ3n) is 2.50. The first kappa shape index (κ1) is 9.88. The Balaban J connectivity index is 2.18. The van der Waals surface area contributed by atoms with Crippen molar-refractivity contribution < 1.29 is 0 Å². The summed E-state index contributed by atoms with van der Waals surface area (Å²) in [5, 5.41) is 8.39. The molecule has 0 atom stereocenters. The number of thiol groups is 1. The molecule has 1 fully saturated rings. The molecule has 0 aromatic heterocycles. The Kier molecular flexibility index (Phi) is 3.42. The molecule has 0 N–H and O–H groups in total. The fraction of sp³-hybridized carbons (Fsp3) is 0.889. The van der Waals surface area contributed by atoms with E-state index in [-0.39, 0.29) is 0 Å². The van der Waals surface area contributed by atoms with Crippen LogP contribution in [0.15, 0.2) is 0 Å². The van der Waals surface area contributed by atoms with Crippen molar-refractivity contribution in [2.45, 2.75) is 19.3 Å². The van der Waals surface area contributed by atoms with E-state index in [2.05, 4.69) is 30.6 Å². The van der Waals surface area contributed by atoms with Gasteiger partial charge >= 0.3 is 0 Å². The summed E-state index contributed by atoms with van der Waals surface area (Å²) in [4.78, 5) is 2.24. The number of nitriles is 1. The molecule has 1 aliphatic carbocycles. The first-order chi connectivity index (χ1) is 5.72. The van der Waals surface area contributed by atoms with Crippen molar-refractivity contribution in [2.24, 2.45) is 5.41 Å². The highest BCUT2D eigenvalue weighted by atomic mass is 32.1. The highest BCUT2D eigenvalue weighted by molar-refractivity contribution is 7.80. The summed E-state index contributed by atoms with van der Waals surface area (Å²) in [7, 11) is 2.08. The van der Waals surface area contributed by atoms with Gasteiger partial charge in [-0.05, 0) is 31.1 Å². The van der Waals surface area contributed by atoms with E-state index < -0.39 is 0 Å². The van der Waals surface area contributed by atoms with E-state index in [1.165, 1.54) is 12.8 Å². The van der Waals surface area contributed by atoms with Gasteiger partial charge in [-0.3, -0.25) is 0 Å². The third kappa shape index (κ3) is 2.69. The van der Waals surface area contributed by atoms with Crippen LogP contribution in [-0.2, 0) is 0 Å². The molecule has 0 aromatic carbocycles. The van der Waals surface area contributed by atoms with Crippen LogP contribution < -0.4 is 0 Å². The molecule has 0 unspecified atom stereocenters. The molecule has 0 aromatic rings. The second-order valence-electron chi connectivity index (χ2n) is 3.80. The zero-order valence-corrected chi connectivity index (χ0v) is 8.48. The van der Waals surface area contributed by atoms with Gasteiger partial charge in [-0.2, -0.15) is 17.9 Å². The Morgan fingerprint density at radius 1 is 1.58 bits per heavy atom. The lowest BCUT2D eigenvalue weighted by Crippen LogP contribution is -2.28. The quantitative estimate of drug-likeness (QED) is 0.656. The zero-order valence-electron chi connectivity index (χ0n) is 7.58. The first-order valence-corrected chi connectivity index (χ1v) is 5.02. The Hall–Kier alpha value is -0.200. The van der Waals surface area contributed by atoms with Crippen molar-refractivity contribution in [1.29, 1.82) is 5.26 Å². The molecular formula is C9H16N2S. The molecule has 0 heterocycles. The average molecular weight is 184 g/mol. The summed E-state index contributed by atoms with van der Waals surface area (Å²) in [5.74, 6) is 0.990. The van der Waals surface area contributed by atoms with Gasteiger partial charge in [0.2, 0.25) is 0 Å². The topological polar surface area (TPSA) is 27.0 Å². The third-order valence-corrected chi connectivity index (χ3v) is 3.17. The van der Waals surface area contributed by atoms with Crippen molar-refractivity contribution in [3.63, 3.8) is 0 Å². The predicted octanol–water partition coefficient (Wildman–Crippen LogP) is 1.54. The summed E-state index contributed by atoms with van der Waals surface area (Å²) < 4.78 is 0. The van der Waals surface area contributed by atoms with E-state index in [1.54, 1.807) is 0 Å². The monoisotopic (exact) mass is 184 g/mol. The summed E-state index contributed by atoms with van der Waals surface area (Å²) >= 11 is 4.34. The summed E-state index contributed by atoms with van der Waals surface area (Å²) in [5.41, 5.74) is 0.493. The van der Waals surface area contributed by atoms with E-state index in [1.807, 2.05) is 0 Å². The summed E-state index contributed by atoms with van der Waals surface area (Å²) in [6, 6.07) is 2.16. The van der Waals surface area contributed by atoms with Crippen LogP contribution in [-0.4, -0.2) is 30.8 Å². The molecule has 1 rings (SSSR count). The lowest BCUT2D eigenvalue weighted by atomic mass is 10.1. The Labute approximate surface area is 80.0 Å². The first-order valence-electron chi connectivity index (χ1n) is 4.39. The number of hydrogen-bond acceptors (Lipinski definition) is 3. The Morgan fingerprint density at radius 3 is 2.67 bits per heavy atom. The van der Waals surface area contributed by atoms with Crippen molar-refractivity contribution >= 4 is 12.6 Å². The smallest absolute Gasteiger partial charge is 0.0635 e. The molecule has 0 bridgehead atoms. The van der Waals surface area contributed by atoms with Crippen LogP contribution in [0.2, 0.25) is 0 Å². The van der Waals surface area contributed by atoms with E-state index in [9.17, 15) is 0 Å². The predicted molar refractivity (Wildman–Crippen MR) is 53.2 cm³/mol. The van der Waals surface area contributed by atoms with Crippen LogP contribution in [0.4, 0.5) is 0 Å². The van der Waals surface area contributed by atoms with Crippen LogP contribution in [0.1, 0.15) is 19.3 Å². The van der Waals surface area contributed by atoms with Gasteiger partial charge in [0.25, 0.3) is 0 Å². The van der Waals surface area contributed by atoms with Crippen LogP contribution in [0.25, 0.3) is 0 Å². The Bertz CT molecular complexity index is 181. The van der Waals surface area contributed by atoms with Crippen molar-refractivity contribution in [3.05, 3.63) is 0 Å². The standard InChI is InChI=1S/C9H16N2S/c1-11(6-2-5-10)7-9(8-12)3-4-9/h12H,2-4,6-8H2,1H3. The molecule has 68 valence electrons. The molecule has 2 nitrogen and oxygen atoms in total. The maximum atomic E-state index is 8.39. The van der Waals surface area contributed by atoms with Crippen LogP contribution in [0.3, 0.4) is 0 Å². The van der Waals surface area contributed by atoms with Gasteiger partial charge < -0.3 is 4.90 Å². The second-order valence-corrected chi connectivity index (χ2v) is 4.12. The normalized spacial score (nSPS) is 19.2. The zero-order chi connectivity index (χ0) is 9.03. The fourth-order valence-electron chi connectivity index (χ4n) is 1.44. The average Bonchev–Trinajstić information content (AvgIpc) is 2.82. The maximum Gasteiger partial charge on any atom is 0.0635 e. The molecule has 1 saturated carbocycles. The molecule has 12 heavy (non-hydrogen) atoms. The molecule has 0 amide bonds. The highest BCUT2D eigenvalue weighted by Crippen LogP contribution is 2.46. The minimum Gasteiger partial charge on any atom is -0.305 e. The minimum atomic E-state index is 0.493. The van der Waals surface area contributed by atoms with Crippen LogP contribution in [0, 0.1) is 16.7 Å². The van der Waals surface area contributed by atoms with Gasteiger partial charge in [-0.25, -0.2) is 0 Å². The molecule has 0 radical (unpaired) electrons. The summed E-state index contributed by atoms with van der Waals surface area (Å²) in [6.45, 7) is 2.00. The SMILES string of the molecule is CN(CCC#N)CC1(CS)CC1. The number of rotatable bonds is 5. The van der Waals surface area contributed by atoms with Gasteiger partial charge in [0, 0.05) is 19.5 Å². The molecule has 0 saturated heterocycles. The molecular weight excluding hydrogens is 168 g/mol. The van der Waals surface area contributed by atoms with Crippen LogP contribution in [0.5, 0.6) is 0 Å². The lowest BCUT2D eigenvalue weighted by molar-refractivity contribution is 0.283. The van der Waals surface area contributed by atoms with Gasteiger partial charge in [-0.1, -0.05) is 0 Å². The fourth-order valence-corrected chi connectivity index (χ4v) is 1.85.